The van der Waals surface area contributed by atoms with E-state index in [1.54, 1.807) is 13.0 Å². The van der Waals surface area contributed by atoms with Crippen molar-refractivity contribution in [2.24, 2.45) is 0 Å². The predicted octanol–water partition coefficient (Wildman–Crippen LogP) is 2.89. The Morgan fingerprint density at radius 1 is 1.75 bits per heavy atom. The largest absolute Gasteiger partial charge is 0.462 e. The fourth-order valence-electron chi connectivity index (χ4n) is 0.843. The molecule has 0 spiro atoms. The van der Waals surface area contributed by atoms with Gasteiger partial charge in [0.05, 0.1) is 10.9 Å². The standard InChI is InChI=1S/C8H9ClO2S/c1-3-11-8(10)7-5(2)4-6(9)12-7/h4H,3H2,1-2H3. The Kier molecular flexibility index (Phi) is 3.12. The van der Waals surface area contributed by atoms with E-state index in [0.29, 0.717) is 15.8 Å². The number of esters is 1. The normalized spacial score (nSPS) is 9.92. The number of hydrogen-bond donors (Lipinski definition) is 0. The molecule has 1 aromatic heterocycles. The summed E-state index contributed by atoms with van der Waals surface area (Å²) < 4.78 is 5.46. The van der Waals surface area contributed by atoms with Crippen molar-refractivity contribution < 1.29 is 9.53 Å². The Morgan fingerprint density at radius 3 is 2.83 bits per heavy atom. The van der Waals surface area contributed by atoms with E-state index < -0.39 is 0 Å². The number of rotatable bonds is 2. The van der Waals surface area contributed by atoms with Crippen LogP contribution in [0.1, 0.15) is 22.2 Å². The second-order valence-corrected chi connectivity index (χ2v) is 3.97. The lowest BCUT2D eigenvalue weighted by Crippen LogP contribution is -2.03. The van der Waals surface area contributed by atoms with Crippen LogP contribution in [0, 0.1) is 6.92 Å². The third kappa shape index (κ3) is 1.99. The quantitative estimate of drug-likeness (QED) is 0.693. The maximum Gasteiger partial charge on any atom is 0.348 e. The van der Waals surface area contributed by atoms with Gasteiger partial charge in [0.15, 0.2) is 0 Å². The molecular weight excluding hydrogens is 196 g/mol. The summed E-state index contributed by atoms with van der Waals surface area (Å²) in [6, 6.07) is 1.76. The summed E-state index contributed by atoms with van der Waals surface area (Å²) in [6.07, 6.45) is 0. The van der Waals surface area contributed by atoms with E-state index in [0.717, 1.165) is 5.56 Å². The van der Waals surface area contributed by atoms with Crippen LogP contribution in [0.3, 0.4) is 0 Å². The Labute approximate surface area is 80.1 Å². The van der Waals surface area contributed by atoms with Gasteiger partial charge in [0.1, 0.15) is 4.88 Å². The van der Waals surface area contributed by atoms with E-state index in [9.17, 15) is 4.79 Å². The van der Waals surface area contributed by atoms with E-state index in [-0.39, 0.29) is 5.97 Å². The highest BCUT2D eigenvalue weighted by Crippen LogP contribution is 2.26. The van der Waals surface area contributed by atoms with E-state index >= 15 is 0 Å². The van der Waals surface area contributed by atoms with Crippen molar-refractivity contribution in [2.45, 2.75) is 13.8 Å². The molecule has 1 heterocycles. The fraction of sp³-hybridized carbons (Fsp3) is 0.375. The molecule has 1 rings (SSSR count). The number of carbonyl (C=O) groups is 1. The maximum atomic E-state index is 11.2. The fourth-order valence-corrected chi connectivity index (χ4v) is 2.03. The first-order valence-corrected chi connectivity index (χ1v) is 4.77. The topological polar surface area (TPSA) is 26.3 Å². The Bertz CT molecular complexity index is 293. The summed E-state index contributed by atoms with van der Waals surface area (Å²) in [5, 5.41) is 0. The number of thiophene rings is 1. The van der Waals surface area contributed by atoms with Crippen molar-refractivity contribution in [3.05, 3.63) is 20.8 Å². The summed E-state index contributed by atoms with van der Waals surface area (Å²) in [4.78, 5) is 11.8. The molecule has 1 aromatic rings. The van der Waals surface area contributed by atoms with Gasteiger partial charge in [-0.3, -0.25) is 0 Å². The maximum absolute atomic E-state index is 11.2. The number of carbonyl (C=O) groups excluding carboxylic acids is 1. The highest BCUT2D eigenvalue weighted by Gasteiger charge is 2.13. The first-order valence-electron chi connectivity index (χ1n) is 3.58. The smallest absolute Gasteiger partial charge is 0.348 e. The summed E-state index contributed by atoms with van der Waals surface area (Å²) in [5.74, 6) is -0.285. The highest BCUT2D eigenvalue weighted by molar-refractivity contribution is 7.18. The molecule has 0 saturated carbocycles. The van der Waals surface area contributed by atoms with Crippen LogP contribution in [-0.2, 0) is 4.74 Å². The molecule has 0 radical (unpaired) electrons. The molecule has 0 saturated heterocycles. The monoisotopic (exact) mass is 204 g/mol. The van der Waals surface area contributed by atoms with Gasteiger partial charge in [-0.1, -0.05) is 11.6 Å². The molecule has 2 nitrogen and oxygen atoms in total. The van der Waals surface area contributed by atoms with Crippen LogP contribution in [-0.4, -0.2) is 12.6 Å². The third-order valence-corrected chi connectivity index (χ3v) is 2.69. The summed E-state index contributed by atoms with van der Waals surface area (Å²) in [7, 11) is 0. The first-order chi connectivity index (χ1) is 5.65. The third-order valence-electron chi connectivity index (χ3n) is 1.35. The molecule has 0 amide bonds. The van der Waals surface area contributed by atoms with Gasteiger partial charge in [-0.05, 0) is 25.5 Å². The van der Waals surface area contributed by atoms with Crippen molar-refractivity contribution in [3.8, 4) is 0 Å². The molecule has 0 fully saturated rings. The average molecular weight is 205 g/mol. The molecule has 0 aromatic carbocycles. The Hall–Kier alpha value is -0.540. The lowest BCUT2D eigenvalue weighted by atomic mass is 10.3. The lowest BCUT2D eigenvalue weighted by molar-refractivity contribution is 0.0531. The highest BCUT2D eigenvalue weighted by atomic mass is 35.5. The minimum atomic E-state index is -0.285. The molecule has 4 heteroatoms. The van der Waals surface area contributed by atoms with E-state index in [4.69, 9.17) is 16.3 Å². The minimum Gasteiger partial charge on any atom is -0.462 e. The molecule has 0 atom stereocenters. The van der Waals surface area contributed by atoms with Crippen LogP contribution in [0.4, 0.5) is 0 Å². The zero-order valence-corrected chi connectivity index (χ0v) is 8.46. The number of halogens is 1. The van der Waals surface area contributed by atoms with Gasteiger partial charge < -0.3 is 4.74 Å². The zero-order chi connectivity index (χ0) is 9.14. The van der Waals surface area contributed by atoms with Gasteiger partial charge >= 0.3 is 5.97 Å². The molecule has 0 N–H and O–H groups in total. The van der Waals surface area contributed by atoms with Crippen LogP contribution in [0.2, 0.25) is 4.34 Å². The van der Waals surface area contributed by atoms with Crippen molar-refractivity contribution >= 4 is 28.9 Å². The second-order valence-electron chi connectivity index (χ2n) is 2.28. The van der Waals surface area contributed by atoms with E-state index in [1.807, 2.05) is 6.92 Å². The number of ether oxygens (including phenoxy) is 1. The first kappa shape index (κ1) is 9.55. The van der Waals surface area contributed by atoms with Gasteiger partial charge in [-0.15, -0.1) is 11.3 Å². The second kappa shape index (κ2) is 3.92. The van der Waals surface area contributed by atoms with E-state index in [2.05, 4.69) is 0 Å². The Balaban J connectivity index is 2.87. The molecule has 0 unspecified atom stereocenters. The Morgan fingerprint density at radius 2 is 2.42 bits per heavy atom. The zero-order valence-electron chi connectivity index (χ0n) is 6.89. The molecule has 0 bridgehead atoms. The SMILES string of the molecule is CCOC(=O)c1sc(Cl)cc1C. The number of hydrogen-bond acceptors (Lipinski definition) is 3. The minimum absolute atomic E-state index is 0.285. The molecule has 0 aliphatic carbocycles. The summed E-state index contributed by atoms with van der Waals surface area (Å²) in [6.45, 7) is 4.02. The van der Waals surface area contributed by atoms with Crippen molar-refractivity contribution in [3.63, 3.8) is 0 Å². The molecule has 66 valence electrons. The molecular formula is C8H9ClO2S. The van der Waals surface area contributed by atoms with Gasteiger partial charge in [0, 0.05) is 0 Å². The van der Waals surface area contributed by atoms with Crippen LogP contribution < -0.4 is 0 Å². The lowest BCUT2D eigenvalue weighted by Gasteiger charge is -1.98. The van der Waals surface area contributed by atoms with Crippen LogP contribution in [0.15, 0.2) is 6.07 Å². The van der Waals surface area contributed by atoms with Crippen molar-refractivity contribution in [1.82, 2.24) is 0 Å². The van der Waals surface area contributed by atoms with Gasteiger partial charge in [0.25, 0.3) is 0 Å². The van der Waals surface area contributed by atoms with Gasteiger partial charge in [-0.2, -0.15) is 0 Å². The molecule has 12 heavy (non-hydrogen) atoms. The average Bonchev–Trinajstić information content (AvgIpc) is 2.30. The number of aryl methyl sites for hydroxylation is 1. The summed E-state index contributed by atoms with van der Waals surface area (Å²) >= 11 is 6.97. The predicted molar refractivity (Wildman–Crippen MR) is 50.0 cm³/mol. The van der Waals surface area contributed by atoms with E-state index in [1.165, 1.54) is 11.3 Å². The van der Waals surface area contributed by atoms with Crippen LogP contribution in [0.25, 0.3) is 0 Å². The van der Waals surface area contributed by atoms with Crippen LogP contribution >= 0.6 is 22.9 Å². The van der Waals surface area contributed by atoms with Gasteiger partial charge in [0.2, 0.25) is 0 Å². The van der Waals surface area contributed by atoms with Crippen molar-refractivity contribution in [1.29, 1.82) is 0 Å². The van der Waals surface area contributed by atoms with Crippen molar-refractivity contribution in [2.75, 3.05) is 6.61 Å². The summed E-state index contributed by atoms with van der Waals surface area (Å²) in [5.41, 5.74) is 0.878. The molecule has 0 aliphatic rings. The van der Waals surface area contributed by atoms with Crippen LogP contribution in [0.5, 0.6) is 0 Å². The van der Waals surface area contributed by atoms with Gasteiger partial charge in [-0.25, -0.2) is 4.79 Å². The molecule has 0 aliphatic heterocycles.